The van der Waals surface area contributed by atoms with Crippen LogP contribution in [-0.4, -0.2) is 37.0 Å². The highest BCUT2D eigenvalue weighted by Crippen LogP contribution is 2.33. The lowest BCUT2D eigenvalue weighted by molar-refractivity contribution is 0.0569. The molecule has 0 aromatic heterocycles. The van der Waals surface area contributed by atoms with Gasteiger partial charge in [-0.1, -0.05) is 12.1 Å². The van der Waals surface area contributed by atoms with Gasteiger partial charge >= 0.3 is 0 Å². The Morgan fingerprint density at radius 2 is 1.93 bits per heavy atom. The van der Waals surface area contributed by atoms with Crippen LogP contribution in [0.4, 0.5) is 4.39 Å². The third-order valence-corrected chi connectivity index (χ3v) is 6.06. The summed E-state index contributed by atoms with van der Waals surface area (Å²) in [5, 5.41) is 2.96. The van der Waals surface area contributed by atoms with Gasteiger partial charge in [0.05, 0.1) is 6.61 Å². The Balaban J connectivity index is 1.54. The van der Waals surface area contributed by atoms with Crippen molar-refractivity contribution in [2.75, 3.05) is 26.2 Å². The van der Waals surface area contributed by atoms with Crippen LogP contribution in [0.2, 0.25) is 0 Å². The van der Waals surface area contributed by atoms with E-state index in [0.29, 0.717) is 30.7 Å². The molecule has 2 aromatic rings. The summed E-state index contributed by atoms with van der Waals surface area (Å²) in [5.74, 6) is 0.786. The van der Waals surface area contributed by atoms with Crippen LogP contribution in [0.25, 0.3) is 0 Å². The minimum Gasteiger partial charge on any atom is -0.494 e. The predicted octanol–water partition coefficient (Wildman–Crippen LogP) is 4.57. The molecule has 3 rings (SSSR count). The first-order valence-corrected chi connectivity index (χ1v) is 10.3. The first kappa shape index (κ1) is 21.3. The maximum atomic E-state index is 13.4. The van der Waals surface area contributed by atoms with Gasteiger partial charge < -0.3 is 10.1 Å². The number of aryl methyl sites for hydroxylation is 1. The number of halogens is 1. The zero-order chi connectivity index (χ0) is 21.1. The Hall–Kier alpha value is -2.40. The van der Waals surface area contributed by atoms with Crippen LogP contribution in [0, 0.1) is 32.5 Å². The van der Waals surface area contributed by atoms with Gasteiger partial charge in [-0.3, -0.25) is 9.69 Å². The lowest BCUT2D eigenvalue weighted by atomic mass is 9.91. The van der Waals surface area contributed by atoms with Gasteiger partial charge in [-0.2, -0.15) is 0 Å². The zero-order valence-electron chi connectivity index (χ0n) is 18.0. The maximum Gasteiger partial charge on any atom is 0.251 e. The highest BCUT2D eigenvalue weighted by molar-refractivity contribution is 5.95. The average molecular weight is 399 g/mol. The van der Waals surface area contributed by atoms with Crippen molar-refractivity contribution in [1.29, 1.82) is 0 Å². The van der Waals surface area contributed by atoms with Crippen molar-refractivity contribution >= 4 is 5.91 Å². The molecule has 5 heteroatoms. The number of benzene rings is 2. The smallest absolute Gasteiger partial charge is 0.251 e. The summed E-state index contributed by atoms with van der Waals surface area (Å²) in [5.41, 5.74) is 5.00. The number of hydrogen-bond donors (Lipinski definition) is 1. The van der Waals surface area contributed by atoms with Crippen LogP contribution in [0.1, 0.15) is 52.5 Å². The first-order chi connectivity index (χ1) is 13.8. The van der Waals surface area contributed by atoms with E-state index in [2.05, 4.69) is 43.1 Å². The van der Waals surface area contributed by atoms with Crippen molar-refractivity contribution in [3.63, 3.8) is 0 Å². The molecule has 0 bridgehead atoms. The van der Waals surface area contributed by atoms with E-state index < -0.39 is 0 Å². The van der Waals surface area contributed by atoms with Crippen molar-refractivity contribution in [2.24, 2.45) is 5.92 Å². The van der Waals surface area contributed by atoms with Gasteiger partial charge in [-0.25, -0.2) is 4.39 Å². The van der Waals surface area contributed by atoms with Crippen LogP contribution in [-0.2, 0) is 0 Å². The fraction of sp³-hybridized carbons (Fsp3) is 0.458. The van der Waals surface area contributed by atoms with Crippen molar-refractivity contribution in [3.8, 4) is 5.75 Å². The third-order valence-electron chi connectivity index (χ3n) is 6.06. The Kier molecular flexibility index (Phi) is 6.58. The van der Waals surface area contributed by atoms with Gasteiger partial charge in [-0.05, 0) is 75.1 Å². The van der Waals surface area contributed by atoms with Crippen LogP contribution >= 0.6 is 0 Å². The standard InChI is InChI=1S/C24H31FN2O2/c1-6-29-23-10-9-21(16(3)17(23)4)18(5)27-13-19(14-27)12-26-24(28)22-11-20(25)8-7-15(22)2/h7-11,18-19H,6,12-14H2,1-5H3,(H,26,28). The molecule has 0 radical (unpaired) electrons. The number of rotatable bonds is 7. The minimum absolute atomic E-state index is 0.202. The second-order valence-electron chi connectivity index (χ2n) is 8.00. The van der Waals surface area contributed by atoms with E-state index in [-0.39, 0.29) is 11.7 Å². The zero-order valence-corrected chi connectivity index (χ0v) is 18.0. The molecular weight excluding hydrogens is 367 g/mol. The van der Waals surface area contributed by atoms with Gasteiger partial charge in [0.15, 0.2) is 0 Å². The molecule has 0 spiro atoms. The molecule has 1 aliphatic rings. The van der Waals surface area contributed by atoms with Gasteiger partial charge in [0, 0.05) is 37.2 Å². The molecule has 1 fully saturated rings. The van der Waals surface area contributed by atoms with E-state index in [1.54, 1.807) is 6.07 Å². The number of hydrogen-bond acceptors (Lipinski definition) is 3. The van der Waals surface area contributed by atoms with E-state index in [0.717, 1.165) is 24.4 Å². The van der Waals surface area contributed by atoms with Crippen LogP contribution in [0.15, 0.2) is 30.3 Å². The number of ether oxygens (including phenoxy) is 1. The van der Waals surface area contributed by atoms with E-state index in [1.807, 2.05) is 13.8 Å². The van der Waals surface area contributed by atoms with Crippen molar-refractivity contribution < 1.29 is 13.9 Å². The monoisotopic (exact) mass is 398 g/mol. The summed E-state index contributed by atoms with van der Waals surface area (Å²) < 4.78 is 19.1. The molecule has 4 nitrogen and oxygen atoms in total. The Morgan fingerprint density at radius 3 is 2.62 bits per heavy atom. The highest BCUT2D eigenvalue weighted by Gasteiger charge is 2.32. The van der Waals surface area contributed by atoms with Gasteiger partial charge in [0.1, 0.15) is 11.6 Å². The quantitative estimate of drug-likeness (QED) is 0.743. The SMILES string of the molecule is CCOc1ccc(C(C)N2CC(CNC(=O)c3cc(F)ccc3C)C2)c(C)c1C. The van der Waals surface area contributed by atoms with Crippen LogP contribution in [0.5, 0.6) is 5.75 Å². The third kappa shape index (κ3) is 4.61. The predicted molar refractivity (Wildman–Crippen MR) is 114 cm³/mol. The van der Waals surface area contributed by atoms with Crippen molar-refractivity contribution in [3.05, 3.63) is 64.0 Å². The fourth-order valence-corrected chi connectivity index (χ4v) is 4.00. The minimum atomic E-state index is -0.384. The van der Waals surface area contributed by atoms with Gasteiger partial charge in [0.2, 0.25) is 0 Å². The summed E-state index contributed by atoms with van der Waals surface area (Å²) >= 11 is 0. The molecule has 1 N–H and O–H groups in total. The normalized spacial score (nSPS) is 15.7. The molecule has 156 valence electrons. The molecular formula is C24H31FN2O2. The van der Waals surface area contributed by atoms with Gasteiger partial charge in [-0.15, -0.1) is 0 Å². The Labute approximate surface area is 173 Å². The molecule has 1 amide bonds. The van der Waals surface area contributed by atoms with Gasteiger partial charge in [0.25, 0.3) is 5.91 Å². The average Bonchev–Trinajstić information content (AvgIpc) is 2.66. The molecule has 1 saturated heterocycles. The highest BCUT2D eigenvalue weighted by atomic mass is 19.1. The second kappa shape index (κ2) is 8.95. The number of nitrogens with zero attached hydrogens (tertiary/aromatic N) is 1. The Bertz CT molecular complexity index is 891. The number of carbonyl (C=O) groups is 1. The first-order valence-electron chi connectivity index (χ1n) is 10.3. The summed E-state index contributed by atoms with van der Waals surface area (Å²) in [6, 6.07) is 8.87. The molecule has 29 heavy (non-hydrogen) atoms. The van der Waals surface area contributed by atoms with E-state index >= 15 is 0 Å². The molecule has 1 unspecified atom stereocenters. The molecule has 1 atom stereocenters. The molecule has 2 aromatic carbocycles. The number of carbonyl (C=O) groups excluding carboxylic acids is 1. The van der Waals surface area contributed by atoms with Crippen LogP contribution in [0.3, 0.4) is 0 Å². The van der Waals surface area contributed by atoms with E-state index in [4.69, 9.17) is 4.74 Å². The second-order valence-corrected chi connectivity index (χ2v) is 8.00. The van der Waals surface area contributed by atoms with Crippen molar-refractivity contribution in [1.82, 2.24) is 10.2 Å². The maximum absolute atomic E-state index is 13.4. The number of likely N-dealkylation sites (tertiary alicyclic amines) is 1. The summed E-state index contributed by atoms with van der Waals surface area (Å²) in [6.07, 6.45) is 0. The lowest BCUT2D eigenvalue weighted by Crippen LogP contribution is -2.52. The van der Waals surface area contributed by atoms with E-state index in [9.17, 15) is 9.18 Å². The summed E-state index contributed by atoms with van der Waals surface area (Å²) in [6.45, 7) is 13.5. The molecule has 0 aliphatic carbocycles. The number of amides is 1. The van der Waals surface area contributed by atoms with E-state index in [1.165, 1.54) is 28.8 Å². The molecule has 1 aliphatic heterocycles. The Morgan fingerprint density at radius 1 is 1.21 bits per heavy atom. The number of nitrogens with one attached hydrogen (secondary N) is 1. The summed E-state index contributed by atoms with van der Waals surface area (Å²) in [4.78, 5) is 14.8. The largest absolute Gasteiger partial charge is 0.494 e. The summed E-state index contributed by atoms with van der Waals surface area (Å²) in [7, 11) is 0. The van der Waals surface area contributed by atoms with Crippen molar-refractivity contribution in [2.45, 2.75) is 40.7 Å². The van der Waals surface area contributed by atoms with Crippen LogP contribution < -0.4 is 10.1 Å². The molecule has 1 heterocycles. The lowest BCUT2D eigenvalue weighted by Gasteiger charge is -2.44. The fourth-order valence-electron chi connectivity index (χ4n) is 4.00. The topological polar surface area (TPSA) is 41.6 Å². The molecule has 0 saturated carbocycles.